The van der Waals surface area contributed by atoms with Crippen LogP contribution in [0.1, 0.15) is 34.4 Å². The molecule has 0 saturated heterocycles. The molecule has 2 heterocycles. The number of aromatic amines is 2. The van der Waals surface area contributed by atoms with Crippen LogP contribution in [-0.4, -0.2) is 64.0 Å². The highest BCUT2D eigenvalue weighted by Gasteiger charge is 2.24. The molecule has 2 unspecified atom stereocenters. The number of nitrogens with two attached hydrogens (primary N) is 6. The van der Waals surface area contributed by atoms with Gasteiger partial charge in [-0.05, 0) is 26.2 Å². The van der Waals surface area contributed by atoms with Crippen molar-refractivity contribution >= 4 is 5.78 Å². The van der Waals surface area contributed by atoms with E-state index in [1.807, 2.05) is 0 Å². The highest BCUT2D eigenvalue weighted by atomic mass is 16.1. The van der Waals surface area contributed by atoms with Gasteiger partial charge in [-0.25, -0.2) is 9.97 Å². The molecule has 168 valence electrons. The van der Waals surface area contributed by atoms with E-state index in [0.29, 0.717) is 63.5 Å². The molecule has 0 saturated carbocycles. The fourth-order valence-corrected chi connectivity index (χ4v) is 3.48. The van der Waals surface area contributed by atoms with Gasteiger partial charge in [0.25, 0.3) is 0 Å². The Bertz CT molecular complexity index is 688. The maximum absolute atomic E-state index is 12.7. The molecule has 2 rings (SSSR count). The molecule has 0 aromatic carbocycles. The topological polar surface area (TPSA) is 231 Å². The average Bonchev–Trinajstić information content (AvgIpc) is 3.26. The van der Waals surface area contributed by atoms with Crippen molar-refractivity contribution in [3.05, 3.63) is 34.4 Å². The van der Waals surface area contributed by atoms with Crippen molar-refractivity contribution in [1.82, 2.24) is 19.9 Å². The van der Waals surface area contributed by atoms with Gasteiger partial charge in [-0.1, -0.05) is 0 Å². The third kappa shape index (κ3) is 6.42. The lowest BCUT2D eigenvalue weighted by Gasteiger charge is -2.14. The second kappa shape index (κ2) is 11.9. The summed E-state index contributed by atoms with van der Waals surface area (Å²) in [5, 5.41) is 0. The molecule has 30 heavy (non-hydrogen) atoms. The quantitative estimate of drug-likeness (QED) is 0.157. The average molecular weight is 421 g/mol. The van der Waals surface area contributed by atoms with Gasteiger partial charge in [0.1, 0.15) is 11.6 Å². The van der Waals surface area contributed by atoms with Crippen LogP contribution in [0.25, 0.3) is 0 Å². The molecule has 2 aromatic rings. The van der Waals surface area contributed by atoms with E-state index in [1.165, 1.54) is 0 Å². The van der Waals surface area contributed by atoms with Crippen LogP contribution in [0.4, 0.5) is 0 Å². The van der Waals surface area contributed by atoms with Gasteiger partial charge in [0.15, 0.2) is 5.78 Å². The number of imidazole rings is 2. The van der Waals surface area contributed by atoms with Gasteiger partial charge in [-0.2, -0.15) is 0 Å². The fourth-order valence-electron chi connectivity index (χ4n) is 3.48. The van der Waals surface area contributed by atoms with Crippen molar-refractivity contribution in [1.29, 1.82) is 0 Å². The van der Waals surface area contributed by atoms with E-state index in [9.17, 15) is 4.79 Å². The Kier molecular flexibility index (Phi) is 9.56. The molecule has 11 nitrogen and oxygen atoms in total. The molecule has 0 amide bonds. The predicted molar refractivity (Wildman–Crippen MR) is 117 cm³/mol. The van der Waals surface area contributed by atoms with Gasteiger partial charge in [-0.3, -0.25) is 4.79 Å². The van der Waals surface area contributed by atoms with Crippen molar-refractivity contribution in [2.75, 3.05) is 26.2 Å². The van der Waals surface area contributed by atoms with Gasteiger partial charge < -0.3 is 44.4 Å². The summed E-state index contributed by atoms with van der Waals surface area (Å²) in [5.41, 5.74) is 38.5. The SMILES string of the molecule is NCCc1nc(CC(N)C(=O)C(N)Cc2nc(CCN)c(CCN)[nH]2)[nH]c1CCN. The Morgan fingerprint density at radius 2 is 1.07 bits per heavy atom. The number of nitrogens with one attached hydrogen (secondary N) is 2. The largest absolute Gasteiger partial charge is 0.346 e. The first-order valence-electron chi connectivity index (χ1n) is 10.4. The van der Waals surface area contributed by atoms with Crippen molar-refractivity contribution in [3.63, 3.8) is 0 Å². The highest BCUT2D eigenvalue weighted by molar-refractivity contribution is 5.89. The molecule has 0 aliphatic rings. The van der Waals surface area contributed by atoms with Crippen molar-refractivity contribution in [3.8, 4) is 0 Å². The summed E-state index contributed by atoms with van der Waals surface area (Å²) in [6.07, 6.45) is 3.15. The molecule has 0 spiro atoms. The summed E-state index contributed by atoms with van der Waals surface area (Å²) in [4.78, 5) is 28.2. The van der Waals surface area contributed by atoms with E-state index in [0.717, 1.165) is 22.8 Å². The molecule has 0 fully saturated rings. The number of carbonyl (C=O) groups is 1. The fraction of sp³-hybridized carbons (Fsp3) is 0.632. The van der Waals surface area contributed by atoms with E-state index >= 15 is 0 Å². The van der Waals surface area contributed by atoms with Crippen LogP contribution in [0.5, 0.6) is 0 Å². The third-order valence-electron chi connectivity index (χ3n) is 4.94. The van der Waals surface area contributed by atoms with Gasteiger partial charge in [0, 0.05) is 49.9 Å². The second-order valence-corrected chi connectivity index (χ2v) is 7.40. The van der Waals surface area contributed by atoms with Crippen LogP contribution in [0, 0.1) is 0 Å². The predicted octanol–water partition coefficient (Wildman–Crippen LogP) is -2.85. The first kappa shape index (κ1) is 24.1. The zero-order valence-corrected chi connectivity index (χ0v) is 17.5. The van der Waals surface area contributed by atoms with E-state index in [-0.39, 0.29) is 18.6 Å². The van der Waals surface area contributed by atoms with E-state index in [1.54, 1.807) is 0 Å². The Morgan fingerprint density at radius 3 is 1.40 bits per heavy atom. The molecule has 11 heteroatoms. The number of aromatic nitrogens is 4. The van der Waals surface area contributed by atoms with Crippen molar-refractivity contribution in [2.24, 2.45) is 34.4 Å². The molecule has 14 N–H and O–H groups in total. The Labute approximate surface area is 176 Å². The minimum absolute atomic E-state index is 0.246. The third-order valence-corrected chi connectivity index (χ3v) is 4.94. The first-order chi connectivity index (χ1) is 14.4. The summed E-state index contributed by atoms with van der Waals surface area (Å²) in [6, 6.07) is -1.55. The lowest BCUT2D eigenvalue weighted by molar-refractivity contribution is -0.121. The number of hydrogen-bond donors (Lipinski definition) is 8. The number of nitrogens with zero attached hydrogens (tertiary/aromatic N) is 2. The number of carbonyl (C=O) groups excluding carboxylic acids is 1. The molecule has 0 aliphatic carbocycles. The summed E-state index contributed by atoms with van der Waals surface area (Å²) >= 11 is 0. The lowest BCUT2D eigenvalue weighted by atomic mass is 10.0. The monoisotopic (exact) mass is 420 g/mol. The van der Waals surface area contributed by atoms with Gasteiger partial charge in [0.05, 0.1) is 23.5 Å². The van der Waals surface area contributed by atoms with Crippen LogP contribution in [0.3, 0.4) is 0 Å². The van der Waals surface area contributed by atoms with Crippen molar-refractivity contribution < 1.29 is 4.79 Å². The van der Waals surface area contributed by atoms with Crippen LogP contribution < -0.4 is 34.4 Å². The van der Waals surface area contributed by atoms with Gasteiger partial charge in [0.2, 0.25) is 0 Å². The van der Waals surface area contributed by atoms with E-state index in [2.05, 4.69) is 19.9 Å². The smallest absolute Gasteiger partial charge is 0.167 e. The standard InChI is InChI=1S/C19H36N10O/c20-5-1-13-14(2-6-21)27-17(26-13)9-11(24)19(30)12(25)10-18-28-15(3-7-22)16(29-18)4-8-23/h11-12H,1-10,20-25H2,(H,26,27)(H,28,29). The maximum Gasteiger partial charge on any atom is 0.167 e. The molecule has 0 aliphatic heterocycles. The molecule has 2 aromatic heterocycles. The number of ketones is 1. The van der Waals surface area contributed by atoms with Crippen LogP contribution in [0.15, 0.2) is 0 Å². The van der Waals surface area contributed by atoms with Gasteiger partial charge >= 0.3 is 0 Å². The maximum atomic E-state index is 12.7. The number of Topliss-reactive ketones (excluding diaryl/α,β-unsaturated/α-hetero) is 1. The molecular weight excluding hydrogens is 384 g/mol. The Hall–Kier alpha value is -2.15. The zero-order valence-electron chi connectivity index (χ0n) is 17.5. The summed E-state index contributed by atoms with van der Waals surface area (Å²) in [6.45, 7) is 1.96. The van der Waals surface area contributed by atoms with E-state index in [4.69, 9.17) is 34.4 Å². The minimum Gasteiger partial charge on any atom is -0.346 e. The number of H-pyrrole nitrogens is 2. The minimum atomic E-state index is -0.774. The molecule has 0 bridgehead atoms. The first-order valence-corrected chi connectivity index (χ1v) is 10.4. The molecular formula is C19H36N10O. The number of rotatable bonds is 14. The Balaban J connectivity index is 2.02. The normalized spacial score (nSPS) is 13.5. The zero-order chi connectivity index (χ0) is 22.1. The number of hydrogen-bond acceptors (Lipinski definition) is 9. The summed E-state index contributed by atoms with van der Waals surface area (Å²) in [5.74, 6) is 1.04. The van der Waals surface area contributed by atoms with Crippen LogP contribution in [-0.2, 0) is 43.3 Å². The van der Waals surface area contributed by atoms with Gasteiger partial charge in [-0.15, -0.1) is 0 Å². The van der Waals surface area contributed by atoms with Crippen molar-refractivity contribution in [2.45, 2.75) is 50.6 Å². The summed E-state index contributed by atoms with van der Waals surface area (Å²) < 4.78 is 0. The van der Waals surface area contributed by atoms with E-state index < -0.39 is 12.1 Å². The van der Waals surface area contributed by atoms with Crippen LogP contribution in [0.2, 0.25) is 0 Å². The lowest BCUT2D eigenvalue weighted by Crippen LogP contribution is -2.45. The summed E-state index contributed by atoms with van der Waals surface area (Å²) in [7, 11) is 0. The van der Waals surface area contributed by atoms with Crippen LogP contribution >= 0.6 is 0 Å². The Morgan fingerprint density at radius 1 is 0.700 bits per heavy atom. The molecule has 0 radical (unpaired) electrons. The second-order valence-electron chi connectivity index (χ2n) is 7.40. The molecule has 2 atom stereocenters. The highest BCUT2D eigenvalue weighted by Crippen LogP contribution is 2.12.